The number of thiophene rings is 1. The molecule has 0 aliphatic rings. The number of hydrogen-bond acceptors (Lipinski definition) is 6. The number of aromatic nitrogens is 3. The minimum absolute atomic E-state index is 0.0357. The number of carbonyl (C=O) groups is 1. The van der Waals surface area contributed by atoms with Crippen molar-refractivity contribution in [1.82, 2.24) is 14.8 Å². The second kappa shape index (κ2) is 5.57. The Bertz CT molecular complexity index is 915. The van der Waals surface area contributed by atoms with E-state index in [1.165, 1.54) is 17.5 Å². The number of hydrogen-bond donors (Lipinski definition) is 2. The molecule has 0 bridgehead atoms. The number of aryl methyl sites for hydroxylation is 1. The number of rotatable bonds is 4. The zero-order valence-electron chi connectivity index (χ0n) is 11.7. The van der Waals surface area contributed by atoms with Crippen molar-refractivity contribution in [2.45, 2.75) is 13.5 Å². The number of nitrogens with two attached hydrogens (primary N) is 1. The van der Waals surface area contributed by atoms with Gasteiger partial charge in [-0.15, -0.1) is 16.4 Å². The molecule has 3 aromatic heterocycles. The average molecular weight is 315 g/mol. The Morgan fingerprint density at radius 2 is 2.23 bits per heavy atom. The first kappa shape index (κ1) is 14.2. The van der Waals surface area contributed by atoms with E-state index in [1.54, 1.807) is 16.8 Å². The van der Waals surface area contributed by atoms with Crippen LogP contribution in [0.15, 0.2) is 34.7 Å². The minimum Gasteiger partial charge on any atom is -0.364 e. The third kappa shape index (κ3) is 2.33. The fourth-order valence-electron chi connectivity index (χ4n) is 2.19. The predicted octanol–water partition coefficient (Wildman–Crippen LogP) is 1.72. The van der Waals surface area contributed by atoms with Crippen LogP contribution in [0.25, 0.3) is 10.1 Å². The summed E-state index contributed by atoms with van der Waals surface area (Å²) in [5.41, 5.74) is 6.30. The van der Waals surface area contributed by atoms with E-state index in [-0.39, 0.29) is 11.3 Å². The summed E-state index contributed by atoms with van der Waals surface area (Å²) in [5.74, 6) is -0.680. The van der Waals surface area contributed by atoms with Crippen LogP contribution in [0.2, 0.25) is 0 Å². The SMILES string of the molecule is CCn1ccc2scc(Nc3ccnnc3C(N)=O)c2c1=O. The van der Waals surface area contributed by atoms with Gasteiger partial charge < -0.3 is 15.6 Å². The summed E-state index contributed by atoms with van der Waals surface area (Å²) in [7, 11) is 0. The molecule has 0 radical (unpaired) electrons. The van der Waals surface area contributed by atoms with Crippen molar-refractivity contribution in [2.75, 3.05) is 5.32 Å². The molecule has 0 saturated heterocycles. The molecule has 3 heterocycles. The molecule has 0 aromatic carbocycles. The molecule has 0 aliphatic heterocycles. The zero-order valence-corrected chi connectivity index (χ0v) is 12.6. The number of nitrogens with one attached hydrogen (secondary N) is 1. The minimum atomic E-state index is -0.680. The molecule has 3 rings (SSSR count). The summed E-state index contributed by atoms with van der Waals surface area (Å²) in [6.45, 7) is 2.50. The highest BCUT2D eigenvalue weighted by atomic mass is 32.1. The number of amides is 1. The molecular formula is C14H13N5O2S. The maximum absolute atomic E-state index is 12.5. The van der Waals surface area contributed by atoms with Gasteiger partial charge in [0.1, 0.15) is 0 Å². The number of primary amides is 1. The van der Waals surface area contributed by atoms with Gasteiger partial charge in [-0.05, 0) is 19.1 Å². The first-order valence-corrected chi connectivity index (χ1v) is 7.49. The molecule has 0 aliphatic carbocycles. The van der Waals surface area contributed by atoms with Gasteiger partial charge in [0.25, 0.3) is 11.5 Å². The van der Waals surface area contributed by atoms with E-state index in [9.17, 15) is 9.59 Å². The van der Waals surface area contributed by atoms with E-state index in [0.29, 0.717) is 23.3 Å². The molecular weight excluding hydrogens is 302 g/mol. The quantitative estimate of drug-likeness (QED) is 0.763. The molecule has 112 valence electrons. The maximum Gasteiger partial charge on any atom is 0.271 e. The maximum atomic E-state index is 12.5. The molecule has 0 saturated carbocycles. The van der Waals surface area contributed by atoms with Crippen LogP contribution in [0.4, 0.5) is 11.4 Å². The van der Waals surface area contributed by atoms with Crippen molar-refractivity contribution in [3.8, 4) is 0 Å². The highest BCUT2D eigenvalue weighted by Crippen LogP contribution is 2.30. The highest BCUT2D eigenvalue weighted by Gasteiger charge is 2.14. The Morgan fingerprint density at radius 1 is 1.41 bits per heavy atom. The van der Waals surface area contributed by atoms with Crippen LogP contribution in [0.5, 0.6) is 0 Å². The average Bonchev–Trinajstić information content (AvgIpc) is 2.92. The van der Waals surface area contributed by atoms with Gasteiger partial charge >= 0.3 is 0 Å². The van der Waals surface area contributed by atoms with E-state index >= 15 is 0 Å². The van der Waals surface area contributed by atoms with Crippen molar-refractivity contribution in [1.29, 1.82) is 0 Å². The molecule has 22 heavy (non-hydrogen) atoms. The molecule has 1 amide bonds. The highest BCUT2D eigenvalue weighted by molar-refractivity contribution is 7.17. The molecule has 8 heteroatoms. The van der Waals surface area contributed by atoms with Crippen LogP contribution in [0.3, 0.4) is 0 Å². The normalized spacial score (nSPS) is 10.8. The topological polar surface area (TPSA) is 103 Å². The van der Waals surface area contributed by atoms with E-state index in [0.717, 1.165) is 4.70 Å². The van der Waals surface area contributed by atoms with Gasteiger partial charge in [-0.25, -0.2) is 0 Å². The van der Waals surface area contributed by atoms with Gasteiger partial charge in [0.2, 0.25) is 0 Å². The van der Waals surface area contributed by atoms with Crippen LogP contribution < -0.4 is 16.6 Å². The summed E-state index contributed by atoms with van der Waals surface area (Å²) < 4.78 is 2.50. The van der Waals surface area contributed by atoms with Crippen molar-refractivity contribution < 1.29 is 4.79 Å². The van der Waals surface area contributed by atoms with Crippen LogP contribution in [-0.2, 0) is 6.54 Å². The second-order valence-corrected chi connectivity index (χ2v) is 5.49. The largest absolute Gasteiger partial charge is 0.364 e. The lowest BCUT2D eigenvalue weighted by Gasteiger charge is -2.08. The third-order valence-electron chi connectivity index (χ3n) is 3.26. The number of pyridine rings is 1. The smallest absolute Gasteiger partial charge is 0.271 e. The first-order valence-electron chi connectivity index (χ1n) is 6.61. The van der Waals surface area contributed by atoms with Gasteiger partial charge in [0.05, 0.1) is 23.0 Å². The Morgan fingerprint density at radius 3 is 2.95 bits per heavy atom. The molecule has 0 unspecified atom stereocenters. The molecule has 0 atom stereocenters. The van der Waals surface area contributed by atoms with Crippen molar-refractivity contribution in [2.24, 2.45) is 5.73 Å². The summed E-state index contributed by atoms with van der Waals surface area (Å²) in [6.07, 6.45) is 3.22. The molecule has 3 N–H and O–H groups in total. The Labute approximate surface area is 129 Å². The number of carbonyl (C=O) groups excluding carboxylic acids is 1. The Kier molecular flexibility index (Phi) is 3.60. The van der Waals surface area contributed by atoms with Crippen LogP contribution in [-0.4, -0.2) is 20.7 Å². The molecule has 7 nitrogen and oxygen atoms in total. The molecule has 3 aromatic rings. The zero-order chi connectivity index (χ0) is 15.7. The summed E-state index contributed by atoms with van der Waals surface area (Å²) in [5, 5.41) is 12.9. The number of nitrogens with zero attached hydrogens (tertiary/aromatic N) is 3. The lowest BCUT2D eigenvalue weighted by Crippen LogP contribution is -2.19. The number of anilines is 2. The van der Waals surface area contributed by atoms with E-state index in [4.69, 9.17) is 5.73 Å². The van der Waals surface area contributed by atoms with Crippen LogP contribution in [0, 0.1) is 0 Å². The Hall–Kier alpha value is -2.74. The Balaban J connectivity index is 2.13. The lowest BCUT2D eigenvalue weighted by atomic mass is 10.2. The van der Waals surface area contributed by atoms with Crippen LogP contribution >= 0.6 is 11.3 Å². The van der Waals surface area contributed by atoms with Crippen molar-refractivity contribution in [3.63, 3.8) is 0 Å². The standard InChI is InChI=1S/C14H13N5O2S/c1-2-19-6-4-10-11(14(19)21)9(7-22-10)17-8-3-5-16-18-12(8)13(15)20/h3-7H,2H2,1H3,(H2,15,20)(H,16,17). The number of fused-ring (bicyclic) bond motifs is 1. The van der Waals surface area contributed by atoms with Crippen molar-refractivity contribution >= 4 is 38.7 Å². The van der Waals surface area contributed by atoms with Crippen LogP contribution in [0.1, 0.15) is 17.4 Å². The fourth-order valence-corrected chi connectivity index (χ4v) is 3.06. The van der Waals surface area contributed by atoms with Gasteiger partial charge in [-0.3, -0.25) is 9.59 Å². The summed E-state index contributed by atoms with van der Waals surface area (Å²) in [6, 6.07) is 3.49. The van der Waals surface area contributed by atoms with E-state index < -0.39 is 5.91 Å². The second-order valence-electron chi connectivity index (χ2n) is 4.58. The van der Waals surface area contributed by atoms with Crippen molar-refractivity contribution in [3.05, 3.63) is 46.0 Å². The first-order chi connectivity index (χ1) is 10.6. The van der Waals surface area contributed by atoms with Gasteiger partial charge in [-0.2, -0.15) is 5.10 Å². The van der Waals surface area contributed by atoms with E-state index in [2.05, 4.69) is 15.5 Å². The lowest BCUT2D eigenvalue weighted by molar-refractivity contribution is 0.0995. The monoisotopic (exact) mass is 315 g/mol. The predicted molar refractivity (Wildman–Crippen MR) is 85.6 cm³/mol. The fraction of sp³-hybridized carbons (Fsp3) is 0.143. The van der Waals surface area contributed by atoms with Gasteiger partial charge in [0.15, 0.2) is 5.69 Å². The summed E-state index contributed by atoms with van der Waals surface area (Å²) in [4.78, 5) is 23.9. The van der Waals surface area contributed by atoms with Gasteiger partial charge in [0, 0.05) is 22.8 Å². The third-order valence-corrected chi connectivity index (χ3v) is 4.21. The molecule has 0 fully saturated rings. The van der Waals surface area contributed by atoms with E-state index in [1.807, 2.05) is 18.4 Å². The summed E-state index contributed by atoms with van der Waals surface area (Å²) >= 11 is 1.45. The van der Waals surface area contributed by atoms with Gasteiger partial charge in [-0.1, -0.05) is 0 Å². The molecule has 0 spiro atoms.